The van der Waals surface area contributed by atoms with Gasteiger partial charge in [0.05, 0.1) is 31.3 Å². The lowest BCUT2D eigenvalue weighted by atomic mass is 10.2. The molecule has 29 heavy (non-hydrogen) atoms. The predicted molar refractivity (Wildman–Crippen MR) is 109 cm³/mol. The number of hydrogen-bond acceptors (Lipinski definition) is 7. The van der Waals surface area contributed by atoms with E-state index in [1.165, 1.54) is 7.11 Å². The fourth-order valence-corrected chi connectivity index (χ4v) is 3.80. The van der Waals surface area contributed by atoms with Crippen molar-refractivity contribution in [2.45, 2.75) is 20.0 Å². The summed E-state index contributed by atoms with van der Waals surface area (Å²) < 4.78 is 16.3. The number of imide groups is 1. The zero-order chi connectivity index (χ0) is 21.0. The summed E-state index contributed by atoms with van der Waals surface area (Å²) in [5.41, 5.74) is 0.697. The van der Waals surface area contributed by atoms with Crippen LogP contribution < -0.4 is 9.47 Å². The number of thioether (sulfide) groups is 1. The first-order valence-corrected chi connectivity index (χ1v) is 10.2. The van der Waals surface area contributed by atoms with Gasteiger partial charge >= 0.3 is 0 Å². The second-order valence-electron chi connectivity index (χ2n) is 6.84. The summed E-state index contributed by atoms with van der Waals surface area (Å²) in [5, 5.41) is -0.449. The number of amides is 3. The molecule has 3 rings (SSSR count). The van der Waals surface area contributed by atoms with Crippen molar-refractivity contribution in [3.8, 4) is 11.5 Å². The first-order chi connectivity index (χ1) is 13.9. The Bertz CT molecular complexity index is 832. The predicted octanol–water partition coefficient (Wildman–Crippen LogP) is 2.38. The number of hydrogen-bond donors (Lipinski definition) is 0. The molecule has 0 radical (unpaired) electrons. The molecule has 0 bridgehead atoms. The minimum atomic E-state index is -0.469. The Labute approximate surface area is 173 Å². The van der Waals surface area contributed by atoms with Crippen molar-refractivity contribution in [3.63, 3.8) is 0 Å². The molecule has 0 atom stereocenters. The fourth-order valence-electron chi connectivity index (χ4n) is 2.96. The molecule has 2 heterocycles. The van der Waals surface area contributed by atoms with E-state index in [2.05, 4.69) is 0 Å². The molecule has 0 spiro atoms. The van der Waals surface area contributed by atoms with Crippen molar-refractivity contribution in [1.82, 2.24) is 9.80 Å². The van der Waals surface area contributed by atoms with Gasteiger partial charge in [0.15, 0.2) is 11.5 Å². The first kappa shape index (κ1) is 21.2. The molecule has 0 unspecified atom stereocenters. The van der Waals surface area contributed by atoms with Crippen LogP contribution in [-0.2, 0) is 14.3 Å². The van der Waals surface area contributed by atoms with Crippen molar-refractivity contribution in [3.05, 3.63) is 28.7 Å². The number of benzene rings is 1. The molecule has 1 aromatic rings. The molecule has 1 aromatic carbocycles. The van der Waals surface area contributed by atoms with Crippen LogP contribution in [0.1, 0.15) is 19.4 Å². The Morgan fingerprint density at radius 3 is 2.62 bits per heavy atom. The third kappa shape index (κ3) is 5.10. The molecule has 2 aliphatic rings. The van der Waals surface area contributed by atoms with Crippen LogP contribution in [0.3, 0.4) is 0 Å². The van der Waals surface area contributed by atoms with Crippen molar-refractivity contribution >= 4 is 34.9 Å². The SMILES string of the molecule is COc1cc(/C=C2/SC(=O)N(CC(=O)N3CCOCC3)C2=O)ccc1OC(C)C. The number of rotatable bonds is 6. The van der Waals surface area contributed by atoms with Crippen molar-refractivity contribution in [2.75, 3.05) is 40.0 Å². The molecule has 2 fully saturated rings. The van der Waals surface area contributed by atoms with Crippen LogP contribution in [0.4, 0.5) is 4.79 Å². The number of carbonyl (C=O) groups excluding carboxylic acids is 3. The molecule has 9 heteroatoms. The highest BCUT2D eigenvalue weighted by Gasteiger charge is 2.37. The summed E-state index contributed by atoms with van der Waals surface area (Å²) in [6, 6.07) is 5.29. The van der Waals surface area contributed by atoms with Crippen molar-refractivity contribution < 1.29 is 28.6 Å². The molecular formula is C20H24N2O6S. The number of carbonyl (C=O) groups is 3. The number of morpholine rings is 1. The number of methoxy groups -OCH3 is 1. The average molecular weight is 420 g/mol. The molecule has 156 valence electrons. The Hall–Kier alpha value is -2.52. The minimum Gasteiger partial charge on any atom is -0.493 e. The molecular weight excluding hydrogens is 396 g/mol. The van der Waals surface area contributed by atoms with Gasteiger partial charge in [-0.25, -0.2) is 0 Å². The molecule has 3 amide bonds. The van der Waals surface area contributed by atoms with Crippen LogP contribution >= 0.6 is 11.8 Å². The second kappa shape index (κ2) is 9.32. The van der Waals surface area contributed by atoms with E-state index in [1.54, 1.807) is 29.2 Å². The highest BCUT2D eigenvalue weighted by Crippen LogP contribution is 2.34. The van der Waals surface area contributed by atoms with E-state index in [9.17, 15) is 14.4 Å². The maximum absolute atomic E-state index is 12.7. The van der Waals surface area contributed by atoms with Crippen LogP contribution in [0.5, 0.6) is 11.5 Å². The summed E-state index contributed by atoms with van der Waals surface area (Å²) >= 11 is 0.825. The Balaban J connectivity index is 1.73. The van der Waals surface area contributed by atoms with E-state index < -0.39 is 11.1 Å². The van der Waals surface area contributed by atoms with E-state index in [4.69, 9.17) is 14.2 Å². The number of nitrogens with zero attached hydrogens (tertiary/aromatic N) is 2. The van der Waals surface area contributed by atoms with E-state index in [0.717, 1.165) is 16.7 Å². The normalized spacial score (nSPS) is 18.7. The molecule has 0 saturated carbocycles. The molecule has 0 N–H and O–H groups in total. The van der Waals surface area contributed by atoms with Crippen LogP contribution in [0, 0.1) is 0 Å². The summed E-state index contributed by atoms with van der Waals surface area (Å²) in [4.78, 5) is 40.2. The van der Waals surface area contributed by atoms with Gasteiger partial charge in [-0.15, -0.1) is 0 Å². The molecule has 2 aliphatic heterocycles. The average Bonchev–Trinajstić information content (AvgIpc) is 2.96. The van der Waals surface area contributed by atoms with Crippen molar-refractivity contribution in [2.24, 2.45) is 0 Å². The van der Waals surface area contributed by atoms with E-state index in [1.807, 2.05) is 13.8 Å². The topological polar surface area (TPSA) is 85.4 Å². The van der Waals surface area contributed by atoms with Crippen LogP contribution in [0.2, 0.25) is 0 Å². The van der Waals surface area contributed by atoms with Crippen molar-refractivity contribution in [1.29, 1.82) is 0 Å². The van der Waals surface area contributed by atoms with E-state index in [0.29, 0.717) is 43.4 Å². The smallest absolute Gasteiger partial charge is 0.294 e. The molecule has 2 saturated heterocycles. The highest BCUT2D eigenvalue weighted by molar-refractivity contribution is 8.18. The van der Waals surface area contributed by atoms with Gasteiger partial charge in [-0.3, -0.25) is 19.3 Å². The quantitative estimate of drug-likeness (QED) is 0.653. The van der Waals surface area contributed by atoms with Crippen LogP contribution in [0.25, 0.3) is 6.08 Å². The van der Waals surface area contributed by atoms with Gasteiger partial charge < -0.3 is 19.1 Å². The monoisotopic (exact) mass is 420 g/mol. The highest BCUT2D eigenvalue weighted by atomic mass is 32.2. The van der Waals surface area contributed by atoms with Gasteiger partial charge in [-0.2, -0.15) is 0 Å². The Morgan fingerprint density at radius 1 is 1.24 bits per heavy atom. The molecule has 0 aromatic heterocycles. The lowest BCUT2D eigenvalue weighted by Crippen LogP contribution is -2.46. The van der Waals surface area contributed by atoms with Crippen LogP contribution in [0.15, 0.2) is 23.1 Å². The van der Waals surface area contributed by atoms with E-state index >= 15 is 0 Å². The summed E-state index contributed by atoms with van der Waals surface area (Å²) in [5.74, 6) is 0.412. The summed E-state index contributed by atoms with van der Waals surface area (Å²) in [7, 11) is 1.54. The minimum absolute atomic E-state index is 0.00440. The van der Waals surface area contributed by atoms with Gasteiger partial charge in [-0.05, 0) is 49.4 Å². The van der Waals surface area contributed by atoms with Gasteiger partial charge in [0, 0.05) is 13.1 Å². The number of ether oxygens (including phenoxy) is 3. The van der Waals surface area contributed by atoms with Crippen LogP contribution in [-0.4, -0.2) is 72.9 Å². The third-order valence-corrected chi connectivity index (χ3v) is 5.29. The largest absolute Gasteiger partial charge is 0.493 e. The van der Waals surface area contributed by atoms with Gasteiger partial charge in [0.1, 0.15) is 6.54 Å². The second-order valence-corrected chi connectivity index (χ2v) is 7.83. The maximum atomic E-state index is 12.7. The van der Waals surface area contributed by atoms with Gasteiger partial charge in [0.25, 0.3) is 11.1 Å². The first-order valence-electron chi connectivity index (χ1n) is 9.34. The molecule has 8 nitrogen and oxygen atoms in total. The maximum Gasteiger partial charge on any atom is 0.294 e. The van der Waals surface area contributed by atoms with E-state index in [-0.39, 0.29) is 23.5 Å². The summed E-state index contributed by atoms with van der Waals surface area (Å²) in [6.45, 7) is 5.44. The molecule has 0 aliphatic carbocycles. The lowest BCUT2D eigenvalue weighted by Gasteiger charge is -2.28. The lowest BCUT2D eigenvalue weighted by molar-refractivity contribution is -0.139. The Kier molecular flexibility index (Phi) is 6.81. The zero-order valence-electron chi connectivity index (χ0n) is 16.7. The standard InChI is InChI=1S/C20H24N2O6S/c1-13(2)28-15-5-4-14(10-16(15)26-3)11-17-19(24)22(20(25)29-17)12-18(23)21-6-8-27-9-7-21/h4-5,10-11,13H,6-9,12H2,1-3H3/b17-11+. The zero-order valence-corrected chi connectivity index (χ0v) is 17.5. The third-order valence-electron chi connectivity index (χ3n) is 4.38. The Morgan fingerprint density at radius 2 is 1.97 bits per heavy atom. The fraction of sp³-hybridized carbons (Fsp3) is 0.450. The van der Waals surface area contributed by atoms with Gasteiger partial charge in [-0.1, -0.05) is 6.07 Å². The van der Waals surface area contributed by atoms with Gasteiger partial charge in [0.2, 0.25) is 5.91 Å². The summed E-state index contributed by atoms with van der Waals surface area (Å²) in [6.07, 6.45) is 1.61.